The lowest BCUT2D eigenvalue weighted by atomic mass is 9.85. The Morgan fingerprint density at radius 1 is 0.851 bits per heavy atom. The lowest BCUT2D eigenvalue weighted by Gasteiger charge is -2.20. The van der Waals surface area contributed by atoms with Gasteiger partial charge in [0.25, 0.3) is 0 Å². The maximum absolute atomic E-state index is 4.45. The van der Waals surface area contributed by atoms with E-state index in [1.54, 1.807) is 0 Å². The second-order valence-corrected chi connectivity index (χ2v) is 12.4. The summed E-state index contributed by atoms with van der Waals surface area (Å²) in [6.45, 7) is 19.8. The summed E-state index contributed by atoms with van der Waals surface area (Å²) in [5.74, 6) is 0.315. The molecule has 2 heteroatoms. The summed E-state index contributed by atoms with van der Waals surface area (Å²) < 4.78 is 0. The zero-order valence-electron chi connectivity index (χ0n) is 27.7. The molecule has 0 radical (unpaired) electrons. The van der Waals surface area contributed by atoms with Crippen molar-refractivity contribution >= 4 is 59.1 Å². The van der Waals surface area contributed by atoms with E-state index in [4.69, 9.17) is 0 Å². The van der Waals surface area contributed by atoms with Gasteiger partial charge in [0, 0.05) is 23.4 Å². The molecular weight excluding hydrogens is 569 g/mol. The number of aliphatic imine (C=N–C) groups is 1. The number of anilines is 1. The molecular formula is C45H42N2. The molecule has 0 aromatic heterocycles. The van der Waals surface area contributed by atoms with Gasteiger partial charge in [0.15, 0.2) is 0 Å². The molecule has 1 N–H and O–H groups in total. The lowest BCUT2D eigenvalue weighted by molar-refractivity contribution is 0.779. The SMILES string of the molecule is C=Nc1c(/C=C\C)ccc2c1C(C)C/C=C(\c1cccc(-c3cccc(C(=C)/C=C\c4ccc5c(c4C(=C)C)NCC=C5)c3)c1)C=C2. The minimum absolute atomic E-state index is 0.315. The summed E-state index contributed by atoms with van der Waals surface area (Å²) in [5.41, 5.74) is 17.1. The van der Waals surface area contributed by atoms with Crippen molar-refractivity contribution in [3.05, 3.63) is 161 Å². The van der Waals surface area contributed by atoms with Crippen molar-refractivity contribution in [2.45, 2.75) is 33.1 Å². The average molecular weight is 611 g/mol. The van der Waals surface area contributed by atoms with Crippen molar-refractivity contribution in [1.29, 1.82) is 0 Å². The van der Waals surface area contributed by atoms with Gasteiger partial charge in [0.2, 0.25) is 0 Å². The Kier molecular flexibility index (Phi) is 9.31. The normalized spacial score (nSPS) is 16.5. The molecule has 232 valence electrons. The van der Waals surface area contributed by atoms with Crippen LogP contribution in [0.15, 0.2) is 121 Å². The number of fused-ring (bicyclic) bond motifs is 2. The monoisotopic (exact) mass is 610 g/mol. The smallest absolute Gasteiger partial charge is 0.0735 e. The summed E-state index contributed by atoms with van der Waals surface area (Å²) in [6, 6.07) is 26.2. The topological polar surface area (TPSA) is 24.4 Å². The van der Waals surface area contributed by atoms with E-state index in [9.17, 15) is 0 Å². The minimum atomic E-state index is 0.315. The predicted octanol–water partition coefficient (Wildman–Crippen LogP) is 12.5. The molecule has 1 aliphatic carbocycles. The maximum atomic E-state index is 4.45. The van der Waals surface area contributed by atoms with Gasteiger partial charge in [0.1, 0.15) is 0 Å². The average Bonchev–Trinajstić information content (AvgIpc) is 3.09. The van der Waals surface area contributed by atoms with Crippen LogP contribution in [0.25, 0.3) is 52.2 Å². The highest BCUT2D eigenvalue weighted by molar-refractivity contribution is 5.90. The van der Waals surface area contributed by atoms with Gasteiger partial charge >= 0.3 is 0 Å². The third-order valence-electron chi connectivity index (χ3n) is 9.03. The first kappa shape index (κ1) is 31.5. The van der Waals surface area contributed by atoms with Crippen LogP contribution in [0.4, 0.5) is 11.4 Å². The molecule has 47 heavy (non-hydrogen) atoms. The van der Waals surface area contributed by atoms with Crippen LogP contribution in [0.5, 0.6) is 0 Å². The second-order valence-electron chi connectivity index (χ2n) is 12.4. The molecule has 4 aromatic rings. The van der Waals surface area contributed by atoms with Crippen molar-refractivity contribution in [1.82, 2.24) is 0 Å². The molecule has 2 aliphatic rings. The molecule has 0 saturated carbocycles. The van der Waals surface area contributed by atoms with Gasteiger partial charge in [-0.25, -0.2) is 0 Å². The Morgan fingerprint density at radius 2 is 1.60 bits per heavy atom. The fourth-order valence-electron chi connectivity index (χ4n) is 6.65. The highest BCUT2D eigenvalue weighted by Crippen LogP contribution is 2.40. The first-order valence-electron chi connectivity index (χ1n) is 16.3. The molecule has 1 unspecified atom stereocenters. The van der Waals surface area contributed by atoms with Gasteiger partial charge in [-0.15, -0.1) is 0 Å². The summed E-state index contributed by atoms with van der Waals surface area (Å²) in [5, 5.41) is 3.53. The molecule has 1 heterocycles. The Labute approximate surface area is 280 Å². The van der Waals surface area contributed by atoms with Crippen molar-refractivity contribution in [3.63, 3.8) is 0 Å². The molecule has 0 saturated heterocycles. The molecule has 1 atom stereocenters. The number of hydrogen-bond acceptors (Lipinski definition) is 2. The predicted molar refractivity (Wildman–Crippen MR) is 209 cm³/mol. The number of rotatable bonds is 8. The lowest BCUT2D eigenvalue weighted by Crippen LogP contribution is -2.08. The van der Waals surface area contributed by atoms with Gasteiger partial charge in [-0.1, -0.05) is 135 Å². The van der Waals surface area contributed by atoms with E-state index < -0.39 is 0 Å². The number of allylic oxidation sites excluding steroid dienone is 7. The molecule has 6 rings (SSSR count). The van der Waals surface area contributed by atoms with Gasteiger partial charge in [-0.3, -0.25) is 4.99 Å². The van der Waals surface area contributed by atoms with Crippen LogP contribution in [0.2, 0.25) is 0 Å². The zero-order chi connectivity index (χ0) is 32.9. The van der Waals surface area contributed by atoms with Gasteiger partial charge < -0.3 is 5.32 Å². The van der Waals surface area contributed by atoms with E-state index in [0.717, 1.165) is 57.7 Å². The molecule has 0 amide bonds. The fraction of sp³-hybridized carbons (Fsp3) is 0.133. The first-order chi connectivity index (χ1) is 22.9. The quantitative estimate of drug-likeness (QED) is 0.156. The van der Waals surface area contributed by atoms with Crippen LogP contribution in [0.3, 0.4) is 0 Å². The Morgan fingerprint density at radius 3 is 2.38 bits per heavy atom. The van der Waals surface area contributed by atoms with Crippen LogP contribution < -0.4 is 5.32 Å². The zero-order valence-corrected chi connectivity index (χ0v) is 27.7. The maximum Gasteiger partial charge on any atom is 0.0735 e. The summed E-state index contributed by atoms with van der Waals surface area (Å²) in [7, 11) is 0. The first-order valence-corrected chi connectivity index (χ1v) is 16.3. The van der Waals surface area contributed by atoms with Crippen molar-refractivity contribution in [2.24, 2.45) is 4.99 Å². The van der Waals surface area contributed by atoms with E-state index in [2.05, 4.69) is 172 Å². The van der Waals surface area contributed by atoms with Crippen LogP contribution in [0.1, 0.15) is 77.6 Å². The Bertz CT molecular complexity index is 2040. The third-order valence-corrected chi connectivity index (χ3v) is 9.03. The molecule has 0 bridgehead atoms. The van der Waals surface area contributed by atoms with Crippen LogP contribution in [-0.4, -0.2) is 13.3 Å². The van der Waals surface area contributed by atoms with E-state index in [1.807, 2.05) is 6.92 Å². The van der Waals surface area contributed by atoms with Gasteiger partial charge in [-0.2, -0.15) is 0 Å². The molecule has 1 aliphatic heterocycles. The van der Waals surface area contributed by atoms with Gasteiger partial charge in [0.05, 0.1) is 5.69 Å². The number of hydrogen-bond donors (Lipinski definition) is 1. The van der Waals surface area contributed by atoms with Crippen molar-refractivity contribution in [2.75, 3.05) is 11.9 Å². The van der Waals surface area contributed by atoms with Crippen molar-refractivity contribution < 1.29 is 0 Å². The Hall–Kier alpha value is -5.47. The summed E-state index contributed by atoms with van der Waals surface area (Å²) >= 11 is 0. The van der Waals surface area contributed by atoms with Crippen LogP contribution >= 0.6 is 0 Å². The number of nitrogens with zero attached hydrogens (tertiary/aromatic N) is 1. The summed E-state index contributed by atoms with van der Waals surface area (Å²) in [4.78, 5) is 4.45. The molecule has 0 spiro atoms. The van der Waals surface area contributed by atoms with E-state index in [-0.39, 0.29) is 0 Å². The number of benzene rings is 4. The number of nitrogens with one attached hydrogen (secondary N) is 1. The Balaban J connectivity index is 1.26. The molecule has 2 nitrogen and oxygen atoms in total. The van der Waals surface area contributed by atoms with Crippen LogP contribution in [0, 0.1) is 0 Å². The summed E-state index contributed by atoms with van der Waals surface area (Å²) in [6.07, 6.45) is 20.5. The van der Waals surface area contributed by atoms with Crippen molar-refractivity contribution in [3.8, 4) is 11.1 Å². The standard InChI is InChI=1S/C45H42N2/c1-7-11-36-25-24-35-22-21-33(19-18-32(5)43(35)44(36)46-6)39-13-9-15-41(29-39)40-14-8-12-38(28-40)31(4)17-20-34-23-26-37-16-10-27-47-45(37)42(34)30(2)3/h7-17,19-26,28-29,32,47H,2,4,6,18,27H2,1,3,5H3/b11-7-,20-17-,22-21?,33-19-. The fourth-order valence-corrected chi connectivity index (χ4v) is 6.65. The van der Waals surface area contributed by atoms with E-state index in [1.165, 1.54) is 39.0 Å². The minimum Gasteiger partial charge on any atom is -0.381 e. The third kappa shape index (κ3) is 6.59. The van der Waals surface area contributed by atoms with Gasteiger partial charge in [-0.05, 0) is 106 Å². The largest absolute Gasteiger partial charge is 0.381 e. The highest BCUT2D eigenvalue weighted by atomic mass is 14.9. The second kappa shape index (κ2) is 13.9. The van der Waals surface area contributed by atoms with Crippen LogP contribution in [-0.2, 0) is 0 Å². The molecule has 4 aromatic carbocycles. The highest BCUT2D eigenvalue weighted by Gasteiger charge is 2.18. The van der Waals surface area contributed by atoms with E-state index >= 15 is 0 Å². The van der Waals surface area contributed by atoms with E-state index in [0.29, 0.717) is 5.92 Å². The molecule has 0 fully saturated rings.